The number of carboxylic acids is 1. The summed E-state index contributed by atoms with van der Waals surface area (Å²) in [7, 11) is 0. The Balaban J connectivity index is 2.35. The van der Waals surface area contributed by atoms with Gasteiger partial charge in [-0.1, -0.05) is 47.5 Å². The number of hydrogen-bond acceptors (Lipinski definition) is 2. The molecular weight excluding hydrogens is 318 g/mol. The van der Waals surface area contributed by atoms with Crippen molar-refractivity contribution in [2.75, 3.05) is 6.54 Å². The molecule has 0 bridgehead atoms. The van der Waals surface area contributed by atoms with Gasteiger partial charge in [0.05, 0.1) is 0 Å². The molecule has 1 saturated heterocycles. The zero-order valence-electron chi connectivity index (χ0n) is 12.1. The van der Waals surface area contributed by atoms with E-state index in [4.69, 9.17) is 0 Å². The number of nitrogens with zero attached hydrogens (tertiary/aromatic N) is 1. The lowest BCUT2D eigenvalue weighted by Crippen LogP contribution is -2.51. The molecule has 20 heavy (non-hydrogen) atoms. The number of rotatable bonds is 5. The van der Waals surface area contributed by atoms with Crippen molar-refractivity contribution in [3.8, 4) is 0 Å². The predicted molar refractivity (Wildman–Crippen MR) is 83.8 cm³/mol. The molecule has 1 N–H and O–H groups in total. The van der Waals surface area contributed by atoms with Crippen LogP contribution in [-0.4, -0.2) is 28.1 Å². The standard InChI is InChI=1S/C16H22BrNO2/c1-3-9-16(15(19)20)10-6-11-18(16)12(2)13-7-4-5-8-14(13)17/h4-5,7-8,12H,3,6,9-11H2,1-2H3,(H,19,20). The van der Waals surface area contributed by atoms with Gasteiger partial charge in [0.1, 0.15) is 5.54 Å². The first-order valence-electron chi connectivity index (χ1n) is 7.27. The van der Waals surface area contributed by atoms with Crippen LogP contribution in [0.1, 0.15) is 51.1 Å². The minimum Gasteiger partial charge on any atom is -0.480 e. The first-order chi connectivity index (χ1) is 9.53. The lowest BCUT2D eigenvalue weighted by Gasteiger charge is -2.39. The first kappa shape index (κ1) is 15.5. The molecule has 1 aromatic rings. The Hall–Kier alpha value is -0.870. The highest BCUT2D eigenvalue weighted by atomic mass is 79.9. The van der Waals surface area contributed by atoms with Gasteiger partial charge in [-0.2, -0.15) is 0 Å². The van der Waals surface area contributed by atoms with Crippen molar-refractivity contribution in [3.05, 3.63) is 34.3 Å². The summed E-state index contributed by atoms with van der Waals surface area (Å²) in [5.41, 5.74) is 0.472. The van der Waals surface area contributed by atoms with Gasteiger partial charge < -0.3 is 5.11 Å². The van der Waals surface area contributed by atoms with E-state index in [2.05, 4.69) is 40.7 Å². The highest BCUT2D eigenvalue weighted by Gasteiger charge is 2.48. The number of hydrogen-bond donors (Lipinski definition) is 1. The van der Waals surface area contributed by atoms with Crippen molar-refractivity contribution >= 4 is 21.9 Å². The van der Waals surface area contributed by atoms with Crippen LogP contribution in [0.5, 0.6) is 0 Å². The molecule has 2 atom stereocenters. The summed E-state index contributed by atoms with van der Waals surface area (Å²) in [5, 5.41) is 9.78. The number of halogens is 1. The number of aliphatic carboxylic acids is 1. The third kappa shape index (κ3) is 2.63. The van der Waals surface area contributed by atoms with Gasteiger partial charge in [0.2, 0.25) is 0 Å². The van der Waals surface area contributed by atoms with E-state index < -0.39 is 11.5 Å². The number of likely N-dealkylation sites (tertiary alicyclic amines) is 1. The van der Waals surface area contributed by atoms with Gasteiger partial charge >= 0.3 is 5.97 Å². The monoisotopic (exact) mass is 339 g/mol. The van der Waals surface area contributed by atoms with Gasteiger partial charge in [0.15, 0.2) is 0 Å². The van der Waals surface area contributed by atoms with Crippen LogP contribution in [0.15, 0.2) is 28.7 Å². The average molecular weight is 340 g/mol. The Morgan fingerprint density at radius 3 is 2.80 bits per heavy atom. The molecule has 0 radical (unpaired) electrons. The highest BCUT2D eigenvalue weighted by molar-refractivity contribution is 9.10. The topological polar surface area (TPSA) is 40.5 Å². The van der Waals surface area contributed by atoms with E-state index in [1.807, 2.05) is 18.2 Å². The summed E-state index contributed by atoms with van der Waals surface area (Å²) >= 11 is 3.58. The molecule has 2 unspecified atom stereocenters. The van der Waals surface area contributed by atoms with E-state index in [9.17, 15) is 9.90 Å². The SMILES string of the molecule is CCCC1(C(=O)O)CCCN1C(C)c1ccccc1Br. The molecule has 0 aliphatic carbocycles. The van der Waals surface area contributed by atoms with Crippen LogP contribution in [0.2, 0.25) is 0 Å². The maximum atomic E-state index is 11.9. The van der Waals surface area contributed by atoms with Crippen LogP contribution in [0, 0.1) is 0 Å². The van der Waals surface area contributed by atoms with Crippen molar-refractivity contribution in [3.63, 3.8) is 0 Å². The fourth-order valence-electron chi connectivity index (χ4n) is 3.46. The molecule has 110 valence electrons. The fraction of sp³-hybridized carbons (Fsp3) is 0.562. The highest BCUT2D eigenvalue weighted by Crippen LogP contribution is 2.41. The molecule has 1 aliphatic rings. The summed E-state index contributed by atoms with van der Waals surface area (Å²) in [6.45, 7) is 5.03. The van der Waals surface area contributed by atoms with E-state index >= 15 is 0 Å². The number of carboxylic acid groups (broad SMARTS) is 1. The molecule has 1 fully saturated rings. The van der Waals surface area contributed by atoms with Gasteiger partial charge in [0, 0.05) is 10.5 Å². The molecule has 1 heterocycles. The smallest absolute Gasteiger partial charge is 0.324 e. The van der Waals surface area contributed by atoms with Gasteiger partial charge in [-0.05, 0) is 44.4 Å². The molecule has 0 saturated carbocycles. The van der Waals surface area contributed by atoms with Crippen LogP contribution in [0.4, 0.5) is 0 Å². The summed E-state index contributed by atoms with van der Waals surface area (Å²) < 4.78 is 1.05. The Morgan fingerprint density at radius 1 is 1.50 bits per heavy atom. The third-order valence-electron chi connectivity index (χ3n) is 4.42. The summed E-state index contributed by atoms with van der Waals surface area (Å²) in [6.07, 6.45) is 3.33. The van der Waals surface area contributed by atoms with Crippen LogP contribution in [0.3, 0.4) is 0 Å². The number of benzene rings is 1. The van der Waals surface area contributed by atoms with Gasteiger partial charge in [-0.25, -0.2) is 0 Å². The Kier molecular flexibility index (Phi) is 4.86. The quantitative estimate of drug-likeness (QED) is 0.872. The minimum atomic E-state index is -0.691. The normalized spacial score (nSPS) is 24.8. The van der Waals surface area contributed by atoms with Crippen LogP contribution < -0.4 is 0 Å². The van der Waals surface area contributed by atoms with E-state index in [1.54, 1.807) is 0 Å². The van der Waals surface area contributed by atoms with Crippen molar-refractivity contribution in [2.24, 2.45) is 0 Å². The van der Waals surface area contributed by atoms with E-state index in [1.165, 1.54) is 0 Å². The lowest BCUT2D eigenvalue weighted by molar-refractivity contribution is -0.151. The van der Waals surface area contributed by atoms with Crippen LogP contribution in [-0.2, 0) is 4.79 Å². The molecule has 1 aromatic carbocycles. The maximum Gasteiger partial charge on any atom is 0.324 e. The average Bonchev–Trinajstić information content (AvgIpc) is 2.84. The second kappa shape index (κ2) is 6.27. The summed E-state index contributed by atoms with van der Waals surface area (Å²) in [4.78, 5) is 14.1. The number of carbonyl (C=O) groups is 1. The van der Waals surface area contributed by atoms with Crippen molar-refractivity contribution < 1.29 is 9.90 Å². The molecular formula is C16H22BrNO2. The third-order valence-corrected chi connectivity index (χ3v) is 5.15. The van der Waals surface area contributed by atoms with Gasteiger partial charge in [0.25, 0.3) is 0 Å². The van der Waals surface area contributed by atoms with Crippen molar-refractivity contribution in [1.82, 2.24) is 4.90 Å². The zero-order valence-corrected chi connectivity index (χ0v) is 13.7. The van der Waals surface area contributed by atoms with Gasteiger partial charge in [-0.3, -0.25) is 9.69 Å². The molecule has 0 aromatic heterocycles. The Morgan fingerprint density at radius 2 is 2.20 bits per heavy atom. The second-order valence-corrected chi connectivity index (χ2v) is 6.44. The molecule has 0 spiro atoms. The predicted octanol–water partition coefficient (Wildman–Crippen LogP) is 4.23. The van der Waals surface area contributed by atoms with E-state index in [0.29, 0.717) is 0 Å². The van der Waals surface area contributed by atoms with Crippen molar-refractivity contribution in [2.45, 2.75) is 51.1 Å². The lowest BCUT2D eigenvalue weighted by atomic mass is 9.89. The molecule has 0 amide bonds. The minimum absolute atomic E-state index is 0.107. The maximum absolute atomic E-state index is 11.9. The zero-order chi connectivity index (χ0) is 14.8. The summed E-state index contributed by atoms with van der Waals surface area (Å²) in [5.74, 6) is -0.671. The fourth-order valence-corrected chi connectivity index (χ4v) is 4.08. The first-order valence-corrected chi connectivity index (χ1v) is 8.07. The second-order valence-electron chi connectivity index (χ2n) is 5.58. The van der Waals surface area contributed by atoms with E-state index in [0.717, 1.165) is 42.3 Å². The molecule has 2 rings (SSSR count). The van der Waals surface area contributed by atoms with Crippen LogP contribution >= 0.6 is 15.9 Å². The molecule has 1 aliphatic heterocycles. The van der Waals surface area contributed by atoms with E-state index in [-0.39, 0.29) is 6.04 Å². The molecule has 4 heteroatoms. The van der Waals surface area contributed by atoms with Crippen molar-refractivity contribution in [1.29, 1.82) is 0 Å². The van der Waals surface area contributed by atoms with Gasteiger partial charge in [-0.15, -0.1) is 0 Å². The summed E-state index contributed by atoms with van der Waals surface area (Å²) in [6, 6.07) is 8.20. The molecule has 3 nitrogen and oxygen atoms in total. The Bertz CT molecular complexity index is 491. The Labute approximate surface area is 129 Å². The van der Waals surface area contributed by atoms with Crippen LogP contribution in [0.25, 0.3) is 0 Å². The largest absolute Gasteiger partial charge is 0.480 e.